The van der Waals surface area contributed by atoms with Crippen LogP contribution in [0, 0.1) is 6.92 Å². The number of rotatable bonds is 3. The van der Waals surface area contributed by atoms with Gasteiger partial charge in [-0.3, -0.25) is 4.79 Å². The summed E-state index contributed by atoms with van der Waals surface area (Å²) in [6, 6.07) is 4.69. The second kappa shape index (κ2) is 4.37. The minimum Gasteiger partial charge on any atom is -0.478 e. The summed E-state index contributed by atoms with van der Waals surface area (Å²) < 4.78 is 0. The van der Waals surface area contributed by atoms with Crippen LogP contribution in [0.3, 0.4) is 0 Å². The maximum atomic E-state index is 11.4. The molecule has 0 fully saturated rings. The smallest absolute Gasteiger partial charge is 0.335 e. The fraction of sp³-hybridized carbons (Fsp3) is 0.200. The van der Waals surface area contributed by atoms with Gasteiger partial charge in [0.1, 0.15) is 0 Å². The molecule has 3 nitrogen and oxygen atoms in total. The minimum atomic E-state index is -1.01. The van der Waals surface area contributed by atoms with Crippen LogP contribution < -0.4 is 0 Å². The number of hydrogen-bond acceptors (Lipinski definition) is 2. The summed E-state index contributed by atoms with van der Waals surface area (Å²) in [5.41, 5.74) is 1.16. The third kappa shape index (κ3) is 2.01. The fourth-order valence-corrected chi connectivity index (χ4v) is 1.54. The zero-order valence-electron chi connectivity index (χ0n) is 7.58. The number of aromatic carboxylic acids is 1. The minimum absolute atomic E-state index is 0.106. The van der Waals surface area contributed by atoms with Crippen molar-refractivity contribution in [1.29, 1.82) is 0 Å². The molecule has 1 N–H and O–H groups in total. The van der Waals surface area contributed by atoms with Crippen LogP contribution in [-0.4, -0.2) is 22.2 Å². The number of Topliss-reactive ketones (excluding diaryl/α,β-unsaturated/α-hetero) is 1. The molecule has 0 aromatic heterocycles. The van der Waals surface area contributed by atoms with Gasteiger partial charge in [-0.05, 0) is 18.6 Å². The number of carboxylic acid groups (broad SMARTS) is 1. The monoisotopic (exact) mass is 256 g/mol. The predicted molar refractivity (Wildman–Crippen MR) is 56.3 cm³/mol. The molecule has 0 atom stereocenters. The van der Waals surface area contributed by atoms with Gasteiger partial charge in [0.15, 0.2) is 5.78 Å². The van der Waals surface area contributed by atoms with E-state index in [4.69, 9.17) is 5.11 Å². The molecular formula is C10H9BrO3. The highest BCUT2D eigenvalue weighted by Gasteiger charge is 2.13. The zero-order chi connectivity index (χ0) is 10.7. The Morgan fingerprint density at radius 2 is 1.93 bits per heavy atom. The van der Waals surface area contributed by atoms with Crippen LogP contribution in [0.25, 0.3) is 0 Å². The van der Waals surface area contributed by atoms with E-state index in [1.54, 1.807) is 19.1 Å². The average Bonchev–Trinajstić information content (AvgIpc) is 2.16. The Morgan fingerprint density at radius 1 is 1.36 bits per heavy atom. The second-order valence-electron chi connectivity index (χ2n) is 2.84. The first-order valence-electron chi connectivity index (χ1n) is 4.00. The van der Waals surface area contributed by atoms with E-state index < -0.39 is 5.97 Å². The molecule has 0 heterocycles. The summed E-state index contributed by atoms with van der Waals surface area (Å²) >= 11 is 3.05. The van der Waals surface area contributed by atoms with E-state index in [1.807, 2.05) is 0 Å². The van der Waals surface area contributed by atoms with Crippen LogP contribution in [-0.2, 0) is 0 Å². The van der Waals surface area contributed by atoms with Gasteiger partial charge in [0.2, 0.25) is 0 Å². The van der Waals surface area contributed by atoms with Crippen molar-refractivity contribution in [3.05, 3.63) is 34.9 Å². The highest BCUT2D eigenvalue weighted by Crippen LogP contribution is 2.15. The largest absolute Gasteiger partial charge is 0.478 e. The van der Waals surface area contributed by atoms with Crippen LogP contribution in [0.4, 0.5) is 0 Å². The van der Waals surface area contributed by atoms with Crippen LogP contribution in [0.2, 0.25) is 0 Å². The molecule has 0 spiro atoms. The molecule has 0 unspecified atom stereocenters. The van der Waals surface area contributed by atoms with Crippen molar-refractivity contribution in [2.45, 2.75) is 6.92 Å². The van der Waals surface area contributed by atoms with Gasteiger partial charge in [0, 0.05) is 5.56 Å². The van der Waals surface area contributed by atoms with Gasteiger partial charge in [0.25, 0.3) is 0 Å². The summed E-state index contributed by atoms with van der Waals surface area (Å²) in [7, 11) is 0. The maximum absolute atomic E-state index is 11.4. The Balaban J connectivity index is 3.27. The Morgan fingerprint density at radius 3 is 2.43 bits per heavy atom. The van der Waals surface area contributed by atoms with Gasteiger partial charge in [-0.15, -0.1) is 0 Å². The molecule has 0 saturated carbocycles. The quantitative estimate of drug-likeness (QED) is 0.667. The summed E-state index contributed by atoms with van der Waals surface area (Å²) in [5, 5.41) is 9.03. The van der Waals surface area contributed by atoms with Gasteiger partial charge in [0.05, 0.1) is 10.9 Å². The van der Waals surface area contributed by atoms with Crippen LogP contribution in [0.5, 0.6) is 0 Å². The lowest BCUT2D eigenvalue weighted by atomic mass is 10.0. The van der Waals surface area contributed by atoms with Crippen molar-refractivity contribution in [1.82, 2.24) is 0 Å². The first-order chi connectivity index (χ1) is 6.57. The van der Waals surface area contributed by atoms with E-state index in [0.717, 1.165) is 0 Å². The van der Waals surface area contributed by atoms with Crippen LogP contribution in [0.1, 0.15) is 26.3 Å². The van der Waals surface area contributed by atoms with Crippen molar-refractivity contribution in [2.24, 2.45) is 0 Å². The summed E-state index contributed by atoms with van der Waals surface area (Å²) in [4.78, 5) is 22.1. The fourth-order valence-electron chi connectivity index (χ4n) is 1.24. The first kappa shape index (κ1) is 10.9. The van der Waals surface area contributed by atoms with Gasteiger partial charge in [-0.2, -0.15) is 0 Å². The summed E-state index contributed by atoms with van der Waals surface area (Å²) in [6.45, 7) is 1.64. The topological polar surface area (TPSA) is 54.4 Å². The molecule has 0 bridgehead atoms. The van der Waals surface area contributed by atoms with Crippen LogP contribution >= 0.6 is 15.9 Å². The SMILES string of the molecule is Cc1c(C(=O)O)cccc1C(=O)CBr. The molecule has 0 amide bonds. The maximum Gasteiger partial charge on any atom is 0.335 e. The van der Waals surface area contributed by atoms with Crippen LogP contribution in [0.15, 0.2) is 18.2 Å². The van der Waals surface area contributed by atoms with Gasteiger partial charge in [-0.1, -0.05) is 28.1 Å². The lowest BCUT2D eigenvalue weighted by Gasteiger charge is -2.05. The highest BCUT2D eigenvalue weighted by molar-refractivity contribution is 9.09. The molecule has 1 aromatic carbocycles. The summed E-state index contributed by atoms with van der Waals surface area (Å²) in [5.74, 6) is -1.11. The third-order valence-electron chi connectivity index (χ3n) is 1.99. The molecular weight excluding hydrogens is 248 g/mol. The van der Waals surface area contributed by atoms with E-state index in [2.05, 4.69) is 15.9 Å². The average molecular weight is 257 g/mol. The number of carboxylic acids is 1. The number of benzene rings is 1. The van der Waals surface area contributed by atoms with E-state index in [-0.39, 0.29) is 16.7 Å². The number of carbonyl (C=O) groups is 2. The molecule has 0 aliphatic rings. The number of halogens is 1. The number of ketones is 1. The Kier molecular flexibility index (Phi) is 3.41. The van der Waals surface area contributed by atoms with Crippen molar-refractivity contribution in [2.75, 3.05) is 5.33 Å². The molecule has 0 saturated heterocycles. The lowest BCUT2D eigenvalue weighted by Crippen LogP contribution is -2.08. The molecule has 74 valence electrons. The molecule has 0 aliphatic heterocycles. The molecule has 14 heavy (non-hydrogen) atoms. The number of hydrogen-bond donors (Lipinski definition) is 1. The second-order valence-corrected chi connectivity index (χ2v) is 3.40. The third-order valence-corrected chi connectivity index (χ3v) is 2.50. The van der Waals surface area contributed by atoms with E-state index in [1.165, 1.54) is 6.07 Å². The van der Waals surface area contributed by atoms with E-state index in [9.17, 15) is 9.59 Å². The molecule has 0 aliphatic carbocycles. The predicted octanol–water partition coefficient (Wildman–Crippen LogP) is 2.27. The Bertz CT molecular complexity index is 385. The number of carbonyl (C=O) groups excluding carboxylic acids is 1. The van der Waals surface area contributed by atoms with E-state index >= 15 is 0 Å². The normalized spacial score (nSPS) is 9.86. The van der Waals surface area contributed by atoms with Crippen molar-refractivity contribution >= 4 is 27.7 Å². The van der Waals surface area contributed by atoms with Crippen molar-refractivity contribution in [3.63, 3.8) is 0 Å². The van der Waals surface area contributed by atoms with Crippen molar-refractivity contribution < 1.29 is 14.7 Å². The summed E-state index contributed by atoms with van der Waals surface area (Å²) in [6.07, 6.45) is 0. The standard InChI is InChI=1S/C10H9BrO3/c1-6-7(9(12)5-11)3-2-4-8(6)10(13)14/h2-4H,5H2,1H3,(H,13,14). The first-order valence-corrected chi connectivity index (χ1v) is 5.12. The number of alkyl halides is 1. The van der Waals surface area contributed by atoms with Gasteiger partial charge < -0.3 is 5.11 Å². The molecule has 1 aromatic rings. The Hall–Kier alpha value is -1.16. The molecule has 1 rings (SSSR count). The highest BCUT2D eigenvalue weighted by atomic mass is 79.9. The lowest BCUT2D eigenvalue weighted by molar-refractivity contribution is 0.0696. The zero-order valence-corrected chi connectivity index (χ0v) is 9.17. The molecule has 0 radical (unpaired) electrons. The van der Waals surface area contributed by atoms with E-state index in [0.29, 0.717) is 11.1 Å². The molecule has 4 heteroatoms. The van der Waals surface area contributed by atoms with Crippen molar-refractivity contribution in [3.8, 4) is 0 Å². The van der Waals surface area contributed by atoms with Gasteiger partial charge >= 0.3 is 5.97 Å². The Labute approximate surface area is 89.9 Å². The van der Waals surface area contributed by atoms with Gasteiger partial charge in [-0.25, -0.2) is 4.79 Å².